The van der Waals surface area contributed by atoms with Crippen LogP contribution in [-0.4, -0.2) is 17.2 Å². The Morgan fingerprint density at radius 2 is 2.11 bits per heavy atom. The maximum atomic E-state index is 14.1. The van der Waals surface area contributed by atoms with Crippen molar-refractivity contribution < 1.29 is 14.2 Å². The van der Waals surface area contributed by atoms with Crippen LogP contribution in [-0.2, 0) is 6.42 Å². The first-order chi connectivity index (χ1) is 9.19. The molecule has 1 aromatic carbocycles. The molecule has 0 aliphatic rings. The molecule has 0 saturated heterocycles. The maximum absolute atomic E-state index is 14.1. The molecule has 100 valence electrons. The zero-order chi connectivity index (χ0) is 13.8. The molecule has 0 radical (unpaired) electrons. The molecule has 0 fully saturated rings. The number of ether oxygens (including phenoxy) is 1. The zero-order valence-corrected chi connectivity index (χ0v) is 10.9. The van der Waals surface area contributed by atoms with Gasteiger partial charge in [0.15, 0.2) is 11.6 Å². The van der Waals surface area contributed by atoms with Gasteiger partial charge in [-0.25, -0.2) is 4.39 Å². The largest absolute Gasteiger partial charge is 0.494 e. The van der Waals surface area contributed by atoms with Gasteiger partial charge in [-0.3, -0.25) is 4.98 Å². The third-order valence-corrected chi connectivity index (χ3v) is 3.12. The van der Waals surface area contributed by atoms with E-state index in [0.29, 0.717) is 5.56 Å². The lowest BCUT2D eigenvalue weighted by Gasteiger charge is -2.16. The summed E-state index contributed by atoms with van der Waals surface area (Å²) in [5.74, 6) is -0.403. The van der Waals surface area contributed by atoms with Crippen LogP contribution in [0.2, 0.25) is 0 Å². The third-order valence-electron chi connectivity index (χ3n) is 3.12. The SMILES string of the molecule is CCc1cnccc1C(O)c1cccc(OC)c1F. The standard InChI is InChI=1S/C15H16FNO2/c1-3-10-9-17-8-7-11(10)15(18)12-5-4-6-13(19-2)14(12)16/h4-9,15,18H,3H2,1-2H3. The van der Waals surface area contributed by atoms with Crippen molar-refractivity contribution in [3.05, 3.63) is 59.2 Å². The summed E-state index contributed by atoms with van der Waals surface area (Å²) >= 11 is 0. The maximum Gasteiger partial charge on any atom is 0.171 e. The summed E-state index contributed by atoms with van der Waals surface area (Å²) in [6, 6.07) is 6.46. The van der Waals surface area contributed by atoms with Gasteiger partial charge in [0, 0.05) is 18.0 Å². The van der Waals surface area contributed by atoms with Gasteiger partial charge in [0.25, 0.3) is 0 Å². The fourth-order valence-corrected chi connectivity index (χ4v) is 2.06. The van der Waals surface area contributed by atoms with Crippen molar-refractivity contribution in [2.24, 2.45) is 0 Å². The van der Waals surface area contributed by atoms with Crippen molar-refractivity contribution >= 4 is 0 Å². The Morgan fingerprint density at radius 1 is 1.32 bits per heavy atom. The Morgan fingerprint density at radius 3 is 2.79 bits per heavy atom. The molecule has 4 heteroatoms. The Hall–Kier alpha value is -1.94. The molecule has 1 aromatic heterocycles. The summed E-state index contributed by atoms with van der Waals surface area (Å²) in [6.07, 6.45) is 2.99. The number of aromatic nitrogens is 1. The number of aliphatic hydroxyl groups excluding tert-OH is 1. The molecule has 2 aromatic rings. The van der Waals surface area contributed by atoms with E-state index in [1.54, 1.807) is 30.6 Å². The predicted octanol–water partition coefficient (Wildman–Crippen LogP) is 2.87. The van der Waals surface area contributed by atoms with Crippen molar-refractivity contribution in [2.75, 3.05) is 7.11 Å². The summed E-state index contributed by atoms with van der Waals surface area (Å²) in [5.41, 5.74) is 1.78. The highest BCUT2D eigenvalue weighted by Crippen LogP contribution is 2.30. The number of pyridine rings is 1. The molecule has 1 N–H and O–H groups in total. The van der Waals surface area contributed by atoms with Gasteiger partial charge in [0.2, 0.25) is 0 Å². The van der Waals surface area contributed by atoms with Crippen LogP contribution >= 0.6 is 0 Å². The number of methoxy groups -OCH3 is 1. The molecular weight excluding hydrogens is 245 g/mol. The predicted molar refractivity (Wildman–Crippen MR) is 70.6 cm³/mol. The smallest absolute Gasteiger partial charge is 0.171 e. The molecule has 1 unspecified atom stereocenters. The van der Waals surface area contributed by atoms with Crippen LogP contribution in [0.4, 0.5) is 4.39 Å². The molecule has 0 aliphatic heterocycles. The molecule has 0 amide bonds. The lowest BCUT2D eigenvalue weighted by Crippen LogP contribution is -2.07. The summed E-state index contributed by atoms with van der Waals surface area (Å²) in [6.45, 7) is 1.97. The quantitative estimate of drug-likeness (QED) is 0.920. The Bertz CT molecular complexity index is 572. The molecule has 0 bridgehead atoms. The first-order valence-corrected chi connectivity index (χ1v) is 6.12. The van der Waals surface area contributed by atoms with E-state index in [1.807, 2.05) is 6.92 Å². The minimum Gasteiger partial charge on any atom is -0.494 e. The molecule has 2 rings (SSSR count). The summed E-state index contributed by atoms with van der Waals surface area (Å²) in [4.78, 5) is 4.02. The van der Waals surface area contributed by atoms with E-state index < -0.39 is 11.9 Å². The van der Waals surface area contributed by atoms with E-state index >= 15 is 0 Å². The first kappa shape index (κ1) is 13.5. The fourth-order valence-electron chi connectivity index (χ4n) is 2.06. The van der Waals surface area contributed by atoms with Gasteiger partial charge in [-0.05, 0) is 29.7 Å². The van der Waals surface area contributed by atoms with Crippen LogP contribution in [0, 0.1) is 5.82 Å². The highest BCUT2D eigenvalue weighted by molar-refractivity contribution is 5.39. The summed E-state index contributed by atoms with van der Waals surface area (Å²) < 4.78 is 19.1. The van der Waals surface area contributed by atoms with Gasteiger partial charge >= 0.3 is 0 Å². The molecule has 0 saturated carbocycles. The number of rotatable bonds is 4. The van der Waals surface area contributed by atoms with Crippen molar-refractivity contribution in [1.82, 2.24) is 4.98 Å². The van der Waals surface area contributed by atoms with Crippen LogP contribution in [0.5, 0.6) is 5.75 Å². The number of halogens is 1. The number of nitrogens with zero attached hydrogens (tertiary/aromatic N) is 1. The van der Waals surface area contributed by atoms with Gasteiger partial charge < -0.3 is 9.84 Å². The minimum absolute atomic E-state index is 0.128. The molecule has 3 nitrogen and oxygen atoms in total. The Labute approximate surface area is 111 Å². The van der Waals surface area contributed by atoms with E-state index in [0.717, 1.165) is 12.0 Å². The topological polar surface area (TPSA) is 42.4 Å². The average molecular weight is 261 g/mol. The number of aryl methyl sites for hydroxylation is 1. The van der Waals surface area contributed by atoms with Crippen molar-refractivity contribution in [1.29, 1.82) is 0 Å². The van der Waals surface area contributed by atoms with Crippen LogP contribution < -0.4 is 4.74 Å². The van der Waals surface area contributed by atoms with Crippen LogP contribution in [0.3, 0.4) is 0 Å². The van der Waals surface area contributed by atoms with E-state index in [2.05, 4.69) is 4.98 Å². The van der Waals surface area contributed by atoms with Gasteiger partial charge in [0.05, 0.1) is 7.11 Å². The van der Waals surface area contributed by atoms with E-state index in [1.165, 1.54) is 13.2 Å². The fraction of sp³-hybridized carbons (Fsp3) is 0.267. The number of hydrogen-bond acceptors (Lipinski definition) is 3. The third kappa shape index (κ3) is 2.58. The second kappa shape index (κ2) is 5.80. The van der Waals surface area contributed by atoms with E-state index in [9.17, 15) is 9.50 Å². The lowest BCUT2D eigenvalue weighted by molar-refractivity contribution is 0.212. The van der Waals surface area contributed by atoms with Crippen LogP contribution in [0.25, 0.3) is 0 Å². The first-order valence-electron chi connectivity index (χ1n) is 6.12. The average Bonchev–Trinajstić information content (AvgIpc) is 2.46. The summed E-state index contributed by atoms with van der Waals surface area (Å²) in [7, 11) is 1.40. The highest BCUT2D eigenvalue weighted by atomic mass is 19.1. The second-order valence-corrected chi connectivity index (χ2v) is 4.19. The highest BCUT2D eigenvalue weighted by Gasteiger charge is 2.19. The monoisotopic (exact) mass is 261 g/mol. The molecule has 0 aliphatic carbocycles. The molecule has 19 heavy (non-hydrogen) atoms. The normalized spacial score (nSPS) is 12.2. The lowest BCUT2D eigenvalue weighted by atomic mass is 9.97. The van der Waals surface area contributed by atoms with Gasteiger partial charge in [-0.1, -0.05) is 19.1 Å². The van der Waals surface area contributed by atoms with Crippen molar-refractivity contribution in [3.63, 3.8) is 0 Å². The van der Waals surface area contributed by atoms with Crippen LogP contribution in [0.15, 0.2) is 36.7 Å². The van der Waals surface area contributed by atoms with Crippen molar-refractivity contribution in [3.8, 4) is 5.75 Å². The zero-order valence-electron chi connectivity index (χ0n) is 10.9. The van der Waals surface area contributed by atoms with Crippen molar-refractivity contribution in [2.45, 2.75) is 19.4 Å². The van der Waals surface area contributed by atoms with Gasteiger partial charge in [0.1, 0.15) is 6.10 Å². The van der Waals surface area contributed by atoms with Crippen LogP contribution in [0.1, 0.15) is 29.7 Å². The molecule has 1 atom stereocenters. The van der Waals surface area contributed by atoms with Gasteiger partial charge in [-0.2, -0.15) is 0 Å². The molecular formula is C15H16FNO2. The number of benzene rings is 1. The number of aliphatic hydroxyl groups is 1. The Kier molecular flexibility index (Phi) is 4.12. The van der Waals surface area contributed by atoms with Gasteiger partial charge in [-0.15, -0.1) is 0 Å². The van der Waals surface area contributed by atoms with E-state index in [4.69, 9.17) is 4.74 Å². The molecule has 1 heterocycles. The second-order valence-electron chi connectivity index (χ2n) is 4.19. The minimum atomic E-state index is -1.02. The summed E-state index contributed by atoms with van der Waals surface area (Å²) in [5, 5.41) is 10.4. The Balaban J connectivity index is 2.47. The molecule has 0 spiro atoms. The number of hydrogen-bond donors (Lipinski definition) is 1. The van der Waals surface area contributed by atoms with E-state index in [-0.39, 0.29) is 11.3 Å².